The van der Waals surface area contributed by atoms with Crippen molar-refractivity contribution < 1.29 is 38.3 Å². The molecular weight excluding hydrogens is 713 g/mol. The third-order valence-corrected chi connectivity index (χ3v) is 11.6. The SMILES string of the molecule is CCC(C)[C@@H]1NC(=O)[C@H](Cc2cn(OC)c3ccccc23)NC(=O)[C@H](CCCCC[C@H](CC)OC(=O)[C@H](OC)c2ccccc2)CC(=O)[C@H]2CCCCN2C1=O. The highest BCUT2D eigenvalue weighted by molar-refractivity contribution is 5.98. The number of methoxy groups -OCH3 is 1. The summed E-state index contributed by atoms with van der Waals surface area (Å²) < 4.78 is 12.9. The number of esters is 1. The van der Waals surface area contributed by atoms with E-state index >= 15 is 0 Å². The molecule has 56 heavy (non-hydrogen) atoms. The number of rotatable bonds is 16. The zero-order valence-electron chi connectivity index (χ0n) is 33.7. The van der Waals surface area contributed by atoms with Gasteiger partial charge in [0.1, 0.15) is 25.3 Å². The minimum absolute atomic E-state index is 0.0152. The molecular formula is C44H60N4O8. The number of piperidine rings is 1. The van der Waals surface area contributed by atoms with Gasteiger partial charge < -0.3 is 29.8 Å². The summed E-state index contributed by atoms with van der Waals surface area (Å²) in [6, 6.07) is 14.5. The van der Waals surface area contributed by atoms with E-state index in [1.807, 2.05) is 81.6 Å². The summed E-state index contributed by atoms with van der Waals surface area (Å²) in [5.41, 5.74) is 2.36. The zero-order chi connectivity index (χ0) is 40.2. The summed E-state index contributed by atoms with van der Waals surface area (Å²) >= 11 is 0. The summed E-state index contributed by atoms with van der Waals surface area (Å²) in [4.78, 5) is 77.1. The highest BCUT2D eigenvalue weighted by atomic mass is 16.6. The van der Waals surface area contributed by atoms with E-state index in [0.29, 0.717) is 45.1 Å². The van der Waals surface area contributed by atoms with E-state index in [2.05, 4.69) is 10.6 Å². The fraction of sp³-hybridized carbons (Fsp3) is 0.568. The predicted molar refractivity (Wildman–Crippen MR) is 213 cm³/mol. The summed E-state index contributed by atoms with van der Waals surface area (Å²) in [5, 5.41) is 6.94. The van der Waals surface area contributed by atoms with Crippen LogP contribution in [0.4, 0.5) is 0 Å². The molecule has 2 fully saturated rings. The maximum absolute atomic E-state index is 14.3. The number of fused-ring (bicyclic) bond motifs is 2. The van der Waals surface area contributed by atoms with E-state index in [1.54, 1.807) is 16.7 Å². The van der Waals surface area contributed by atoms with Crippen molar-refractivity contribution in [3.63, 3.8) is 0 Å². The van der Waals surface area contributed by atoms with Crippen molar-refractivity contribution in [3.05, 3.63) is 71.9 Å². The molecule has 12 nitrogen and oxygen atoms in total. The number of hydrogen-bond acceptors (Lipinski definition) is 8. The van der Waals surface area contributed by atoms with Gasteiger partial charge in [0.25, 0.3) is 0 Å². The van der Waals surface area contributed by atoms with Gasteiger partial charge in [0.05, 0.1) is 11.6 Å². The summed E-state index contributed by atoms with van der Waals surface area (Å²) in [7, 11) is 3.06. The van der Waals surface area contributed by atoms with Gasteiger partial charge in [-0.15, -0.1) is 0 Å². The standard InChI is InChI=1S/C44H60N4O8/c1-6-29(3)39-43(52)47-25-17-16-24-37(47)38(49)27-31(20-12-9-13-21-33(7-2)56-44(53)40(54-4)30-18-10-8-11-19-30)41(50)45-35(42(51)46-39)26-32-28-48(55-5)36-23-15-14-22-34(32)36/h8,10-11,14-15,18-19,22-23,28-29,31,33,35,37,39-40H,6-7,9,12-13,16-17,20-21,24-27H2,1-5H3,(H,45,50)(H,46,51)/t29?,31-,33+,35+,37-,39+,40-/m1/s1. The predicted octanol–water partition coefficient (Wildman–Crippen LogP) is 5.89. The molecule has 0 radical (unpaired) electrons. The first-order valence-corrected chi connectivity index (χ1v) is 20.5. The van der Waals surface area contributed by atoms with Crippen LogP contribution in [0.25, 0.3) is 10.9 Å². The van der Waals surface area contributed by atoms with Crippen LogP contribution in [0.1, 0.15) is 109 Å². The third-order valence-electron chi connectivity index (χ3n) is 11.6. The molecule has 3 amide bonds. The Hall–Kier alpha value is -4.71. The van der Waals surface area contributed by atoms with Gasteiger partial charge in [0.2, 0.25) is 17.7 Å². The van der Waals surface area contributed by atoms with E-state index in [1.165, 1.54) is 7.11 Å². The molecule has 3 aromatic rings. The lowest BCUT2D eigenvalue weighted by atomic mass is 9.87. The number of benzene rings is 2. The molecule has 2 aromatic carbocycles. The molecule has 0 saturated carbocycles. The van der Waals surface area contributed by atoms with Crippen LogP contribution in [-0.4, -0.2) is 84.1 Å². The third kappa shape index (κ3) is 10.4. The lowest BCUT2D eigenvalue weighted by Gasteiger charge is -2.39. The van der Waals surface area contributed by atoms with Crippen LogP contribution >= 0.6 is 0 Å². The van der Waals surface area contributed by atoms with Gasteiger partial charge in [0, 0.05) is 44.0 Å². The van der Waals surface area contributed by atoms with E-state index < -0.39 is 42.0 Å². The van der Waals surface area contributed by atoms with Crippen molar-refractivity contribution in [1.82, 2.24) is 20.3 Å². The van der Waals surface area contributed by atoms with Gasteiger partial charge in [0.15, 0.2) is 11.9 Å². The van der Waals surface area contributed by atoms with E-state index in [-0.39, 0.29) is 42.5 Å². The molecule has 1 unspecified atom stereocenters. The highest BCUT2D eigenvalue weighted by Gasteiger charge is 2.41. The number of ether oxygens (including phenoxy) is 2. The molecule has 304 valence electrons. The number of nitrogens with zero attached hydrogens (tertiary/aromatic N) is 2. The monoisotopic (exact) mass is 772 g/mol. The first kappa shape index (κ1) is 42.4. The van der Waals surface area contributed by atoms with Crippen LogP contribution in [0.2, 0.25) is 0 Å². The molecule has 2 aliphatic rings. The van der Waals surface area contributed by atoms with Crippen molar-refractivity contribution in [2.45, 2.75) is 128 Å². The van der Waals surface area contributed by atoms with Gasteiger partial charge in [-0.1, -0.05) is 88.6 Å². The van der Waals surface area contributed by atoms with Crippen molar-refractivity contribution >= 4 is 40.4 Å². The van der Waals surface area contributed by atoms with Crippen LogP contribution in [-0.2, 0) is 39.9 Å². The molecule has 0 bridgehead atoms. The maximum atomic E-state index is 14.3. The van der Waals surface area contributed by atoms with Gasteiger partial charge in [-0.2, -0.15) is 4.73 Å². The Morgan fingerprint density at radius 1 is 0.893 bits per heavy atom. The number of carbonyl (C=O) groups excluding carboxylic acids is 5. The number of para-hydroxylation sites is 1. The number of nitrogens with one attached hydrogen (secondary N) is 2. The Labute approximate surface area is 330 Å². The second-order valence-electron chi connectivity index (χ2n) is 15.4. The van der Waals surface area contributed by atoms with Crippen LogP contribution in [0, 0.1) is 11.8 Å². The molecule has 2 saturated heterocycles. The minimum atomic E-state index is -1.00. The van der Waals surface area contributed by atoms with Gasteiger partial charge in [-0.25, -0.2) is 4.79 Å². The second kappa shape index (κ2) is 20.5. The Balaban J connectivity index is 1.32. The van der Waals surface area contributed by atoms with E-state index in [4.69, 9.17) is 14.3 Å². The Bertz CT molecular complexity index is 1790. The molecule has 0 aliphatic carbocycles. The Kier molecular flexibility index (Phi) is 15.5. The van der Waals surface area contributed by atoms with Crippen molar-refractivity contribution in [2.75, 3.05) is 20.8 Å². The molecule has 5 rings (SSSR count). The topological polar surface area (TPSA) is 145 Å². The van der Waals surface area contributed by atoms with Crippen LogP contribution < -0.4 is 15.5 Å². The molecule has 1 aromatic heterocycles. The van der Waals surface area contributed by atoms with Gasteiger partial charge in [-0.3, -0.25) is 19.2 Å². The number of amides is 3. The lowest BCUT2D eigenvalue weighted by Crippen LogP contribution is -2.61. The average molecular weight is 773 g/mol. The van der Waals surface area contributed by atoms with Crippen molar-refractivity contribution in [3.8, 4) is 0 Å². The summed E-state index contributed by atoms with van der Waals surface area (Å²) in [5.74, 6) is -2.44. The lowest BCUT2D eigenvalue weighted by molar-refractivity contribution is -0.162. The summed E-state index contributed by atoms with van der Waals surface area (Å²) in [6.45, 7) is 6.32. The van der Waals surface area contributed by atoms with Crippen LogP contribution in [0.3, 0.4) is 0 Å². The molecule has 2 N–H and O–H groups in total. The van der Waals surface area contributed by atoms with Crippen molar-refractivity contribution in [1.29, 1.82) is 0 Å². The minimum Gasteiger partial charge on any atom is -0.460 e. The molecule has 12 heteroatoms. The number of hydrogen-bond donors (Lipinski definition) is 2. The Morgan fingerprint density at radius 3 is 2.36 bits per heavy atom. The first-order valence-electron chi connectivity index (χ1n) is 20.5. The maximum Gasteiger partial charge on any atom is 0.340 e. The molecule has 7 atom stereocenters. The fourth-order valence-corrected chi connectivity index (χ4v) is 8.11. The zero-order valence-corrected chi connectivity index (χ0v) is 33.7. The highest BCUT2D eigenvalue weighted by Crippen LogP contribution is 2.28. The number of aromatic nitrogens is 1. The number of carbonyl (C=O) groups is 5. The van der Waals surface area contributed by atoms with Crippen LogP contribution in [0.15, 0.2) is 60.8 Å². The average Bonchev–Trinajstić information content (AvgIpc) is 3.58. The van der Waals surface area contributed by atoms with Crippen molar-refractivity contribution in [2.24, 2.45) is 11.8 Å². The van der Waals surface area contributed by atoms with Crippen LogP contribution in [0.5, 0.6) is 0 Å². The normalized spacial score (nSPS) is 22.6. The number of Topliss-reactive ketones (excluding diaryl/α,β-unsaturated/α-hetero) is 1. The fourth-order valence-electron chi connectivity index (χ4n) is 8.11. The van der Waals surface area contributed by atoms with Gasteiger partial charge >= 0.3 is 5.97 Å². The second-order valence-corrected chi connectivity index (χ2v) is 15.4. The van der Waals surface area contributed by atoms with Gasteiger partial charge in [-0.05, 0) is 68.1 Å². The molecule has 0 spiro atoms. The Morgan fingerprint density at radius 2 is 1.64 bits per heavy atom. The number of unbranched alkanes of at least 4 members (excludes halogenated alkanes) is 2. The quantitative estimate of drug-likeness (QED) is 0.136. The van der Waals surface area contributed by atoms with E-state index in [0.717, 1.165) is 47.7 Å². The first-order chi connectivity index (χ1) is 27.1. The summed E-state index contributed by atoms with van der Waals surface area (Å²) in [6.07, 6.45) is 7.55. The largest absolute Gasteiger partial charge is 0.460 e. The smallest absolute Gasteiger partial charge is 0.340 e. The molecule has 3 heterocycles. The van der Waals surface area contributed by atoms with E-state index in [9.17, 15) is 24.0 Å². The molecule has 2 aliphatic heterocycles. The number of ketones is 1.